The van der Waals surface area contributed by atoms with Crippen molar-refractivity contribution in [1.29, 1.82) is 0 Å². The molecule has 2 aliphatic rings. The van der Waals surface area contributed by atoms with E-state index in [-0.39, 0.29) is 5.97 Å². The zero-order chi connectivity index (χ0) is 9.47. The number of carbonyl (C=O) groups is 1. The van der Waals surface area contributed by atoms with Crippen LogP contribution in [0.25, 0.3) is 0 Å². The Morgan fingerprint density at radius 1 is 1.46 bits per heavy atom. The van der Waals surface area contributed by atoms with E-state index in [1.54, 1.807) is 0 Å². The van der Waals surface area contributed by atoms with Crippen LogP contribution in [0.3, 0.4) is 0 Å². The molecule has 0 aromatic rings. The Balaban J connectivity index is 2.12. The van der Waals surface area contributed by atoms with Crippen LogP contribution in [0.15, 0.2) is 0 Å². The van der Waals surface area contributed by atoms with Gasteiger partial charge in [0.25, 0.3) is 0 Å². The predicted molar refractivity (Wildman–Crippen MR) is 48.1 cm³/mol. The van der Waals surface area contributed by atoms with Gasteiger partial charge in [0.15, 0.2) is 0 Å². The summed E-state index contributed by atoms with van der Waals surface area (Å²) < 4.78 is 4.73. The standard InChI is InChI=1S/C9H16N2O2/c1-13-8(12)9(10)4-6-2-3-7(5-9)11-6/h6-7,11H,2-5,10H2,1H3. The van der Waals surface area contributed by atoms with Crippen molar-refractivity contribution in [3.63, 3.8) is 0 Å². The average molecular weight is 184 g/mol. The highest BCUT2D eigenvalue weighted by atomic mass is 16.5. The Bertz CT molecular complexity index is 218. The average Bonchev–Trinajstić information content (AvgIpc) is 2.44. The molecule has 0 amide bonds. The van der Waals surface area contributed by atoms with Crippen molar-refractivity contribution in [2.45, 2.75) is 43.3 Å². The van der Waals surface area contributed by atoms with E-state index in [1.165, 1.54) is 7.11 Å². The first-order chi connectivity index (χ1) is 6.14. The summed E-state index contributed by atoms with van der Waals surface area (Å²) >= 11 is 0. The minimum atomic E-state index is -0.730. The Morgan fingerprint density at radius 3 is 2.46 bits per heavy atom. The maximum atomic E-state index is 11.4. The van der Waals surface area contributed by atoms with Crippen LogP contribution in [0.5, 0.6) is 0 Å². The van der Waals surface area contributed by atoms with Crippen molar-refractivity contribution in [1.82, 2.24) is 5.32 Å². The van der Waals surface area contributed by atoms with Crippen molar-refractivity contribution < 1.29 is 9.53 Å². The summed E-state index contributed by atoms with van der Waals surface area (Å²) in [4.78, 5) is 11.4. The molecule has 0 aromatic carbocycles. The van der Waals surface area contributed by atoms with E-state index in [2.05, 4.69) is 5.32 Å². The number of hydrogen-bond acceptors (Lipinski definition) is 4. The topological polar surface area (TPSA) is 64.3 Å². The van der Waals surface area contributed by atoms with Crippen molar-refractivity contribution in [2.75, 3.05) is 7.11 Å². The van der Waals surface area contributed by atoms with E-state index in [1.807, 2.05) is 0 Å². The van der Waals surface area contributed by atoms with E-state index in [0.717, 1.165) is 25.7 Å². The maximum absolute atomic E-state index is 11.4. The number of ether oxygens (including phenoxy) is 1. The van der Waals surface area contributed by atoms with Crippen molar-refractivity contribution >= 4 is 5.97 Å². The molecule has 2 fully saturated rings. The van der Waals surface area contributed by atoms with E-state index in [9.17, 15) is 4.79 Å². The molecular formula is C9H16N2O2. The highest BCUT2D eigenvalue weighted by Gasteiger charge is 2.46. The molecule has 2 heterocycles. The molecule has 2 saturated heterocycles. The van der Waals surface area contributed by atoms with Crippen LogP contribution in [0.1, 0.15) is 25.7 Å². The summed E-state index contributed by atoms with van der Waals surface area (Å²) in [5.74, 6) is -0.258. The van der Waals surface area contributed by atoms with Crippen molar-refractivity contribution in [3.8, 4) is 0 Å². The molecule has 74 valence electrons. The SMILES string of the molecule is COC(=O)C1(N)CC2CCC(C1)N2. The number of nitrogens with two attached hydrogens (primary N) is 1. The zero-order valence-corrected chi connectivity index (χ0v) is 7.88. The predicted octanol–water partition coefficient (Wildman–Crippen LogP) is -0.229. The summed E-state index contributed by atoms with van der Waals surface area (Å²) in [7, 11) is 1.40. The van der Waals surface area contributed by atoms with E-state index in [0.29, 0.717) is 12.1 Å². The first-order valence-corrected chi connectivity index (χ1v) is 4.77. The smallest absolute Gasteiger partial charge is 0.325 e. The third-order valence-electron chi connectivity index (χ3n) is 3.15. The van der Waals surface area contributed by atoms with Crippen LogP contribution in [0.2, 0.25) is 0 Å². The molecule has 3 N–H and O–H groups in total. The van der Waals surface area contributed by atoms with Gasteiger partial charge in [0.1, 0.15) is 5.54 Å². The van der Waals surface area contributed by atoms with Gasteiger partial charge in [0.2, 0.25) is 0 Å². The second-order valence-electron chi connectivity index (χ2n) is 4.19. The van der Waals surface area contributed by atoms with E-state index in [4.69, 9.17) is 10.5 Å². The van der Waals surface area contributed by atoms with Gasteiger partial charge < -0.3 is 15.8 Å². The number of carbonyl (C=O) groups excluding carboxylic acids is 1. The second kappa shape index (κ2) is 2.96. The number of piperidine rings is 1. The van der Waals surface area contributed by atoms with Gasteiger partial charge in [-0.05, 0) is 25.7 Å². The maximum Gasteiger partial charge on any atom is 0.325 e. The fourth-order valence-corrected chi connectivity index (χ4v) is 2.56. The molecule has 0 spiro atoms. The van der Waals surface area contributed by atoms with Gasteiger partial charge in [-0.3, -0.25) is 4.79 Å². The van der Waals surface area contributed by atoms with Gasteiger partial charge in [-0.25, -0.2) is 0 Å². The van der Waals surface area contributed by atoms with Gasteiger partial charge in [-0.1, -0.05) is 0 Å². The summed E-state index contributed by atoms with van der Waals surface area (Å²) in [6.07, 6.45) is 3.72. The monoisotopic (exact) mass is 184 g/mol. The van der Waals surface area contributed by atoms with Crippen LogP contribution in [-0.4, -0.2) is 30.7 Å². The summed E-state index contributed by atoms with van der Waals surface area (Å²) in [5.41, 5.74) is 5.29. The Labute approximate surface area is 77.8 Å². The van der Waals surface area contributed by atoms with Crippen LogP contribution in [-0.2, 0) is 9.53 Å². The fraction of sp³-hybridized carbons (Fsp3) is 0.889. The molecule has 2 bridgehead atoms. The van der Waals surface area contributed by atoms with E-state index < -0.39 is 5.54 Å². The highest BCUT2D eigenvalue weighted by molar-refractivity contribution is 5.80. The second-order valence-corrected chi connectivity index (χ2v) is 4.19. The van der Waals surface area contributed by atoms with Gasteiger partial charge in [0.05, 0.1) is 7.11 Å². The zero-order valence-electron chi connectivity index (χ0n) is 7.88. The van der Waals surface area contributed by atoms with Crippen LogP contribution < -0.4 is 11.1 Å². The lowest BCUT2D eigenvalue weighted by atomic mass is 9.85. The third kappa shape index (κ3) is 1.44. The lowest BCUT2D eigenvalue weighted by Crippen LogP contribution is -2.58. The summed E-state index contributed by atoms with van der Waals surface area (Å²) in [6.45, 7) is 0. The minimum absolute atomic E-state index is 0.258. The Hall–Kier alpha value is -0.610. The molecule has 0 radical (unpaired) electrons. The van der Waals surface area contributed by atoms with Crippen LogP contribution >= 0.6 is 0 Å². The molecule has 0 aliphatic carbocycles. The molecule has 2 rings (SSSR count). The van der Waals surface area contributed by atoms with Gasteiger partial charge in [-0.2, -0.15) is 0 Å². The number of esters is 1. The summed E-state index contributed by atoms with van der Waals surface area (Å²) in [6, 6.07) is 0.839. The molecular weight excluding hydrogens is 168 g/mol. The normalized spacial score (nSPS) is 43.2. The van der Waals surface area contributed by atoms with Gasteiger partial charge in [0, 0.05) is 12.1 Å². The largest absolute Gasteiger partial charge is 0.468 e. The quantitative estimate of drug-likeness (QED) is 0.553. The minimum Gasteiger partial charge on any atom is -0.468 e. The first-order valence-electron chi connectivity index (χ1n) is 4.77. The molecule has 0 saturated carbocycles. The van der Waals surface area contributed by atoms with Gasteiger partial charge >= 0.3 is 5.97 Å². The molecule has 4 nitrogen and oxygen atoms in total. The highest BCUT2D eigenvalue weighted by Crippen LogP contribution is 2.32. The third-order valence-corrected chi connectivity index (χ3v) is 3.15. The lowest BCUT2D eigenvalue weighted by Gasteiger charge is -2.35. The first kappa shape index (κ1) is 8.97. The molecule has 4 heteroatoms. The lowest BCUT2D eigenvalue weighted by molar-refractivity contribution is -0.148. The van der Waals surface area contributed by atoms with Crippen LogP contribution in [0.4, 0.5) is 0 Å². The molecule has 0 aromatic heterocycles. The number of fused-ring (bicyclic) bond motifs is 2. The van der Waals surface area contributed by atoms with Crippen LogP contribution in [0, 0.1) is 0 Å². The number of rotatable bonds is 1. The summed E-state index contributed by atoms with van der Waals surface area (Å²) in [5, 5.41) is 3.44. The molecule has 2 unspecified atom stereocenters. The van der Waals surface area contributed by atoms with Crippen molar-refractivity contribution in [2.24, 2.45) is 5.73 Å². The Morgan fingerprint density at radius 2 is 2.00 bits per heavy atom. The molecule has 13 heavy (non-hydrogen) atoms. The molecule has 2 aliphatic heterocycles. The number of hydrogen-bond donors (Lipinski definition) is 2. The Kier molecular flexibility index (Phi) is 2.04. The number of methoxy groups -OCH3 is 1. The number of nitrogens with one attached hydrogen (secondary N) is 1. The van der Waals surface area contributed by atoms with Gasteiger partial charge in [-0.15, -0.1) is 0 Å². The van der Waals surface area contributed by atoms with Crippen molar-refractivity contribution in [3.05, 3.63) is 0 Å². The van der Waals surface area contributed by atoms with E-state index >= 15 is 0 Å². The fourth-order valence-electron chi connectivity index (χ4n) is 2.56. The molecule has 2 atom stereocenters.